The number of nitrogens with zero attached hydrogens (tertiary/aromatic N) is 4. The SMILES string of the molecule is Cc1cc(C)n(-c2nc(NCCc3ccccc3)c3c4c(sc3n2)CCCC4)n1. The lowest BCUT2D eigenvalue weighted by Gasteiger charge is -2.13. The molecule has 1 aromatic carbocycles. The maximum Gasteiger partial charge on any atom is 0.254 e. The van der Waals surface area contributed by atoms with Crippen molar-refractivity contribution in [3.63, 3.8) is 0 Å². The van der Waals surface area contributed by atoms with Gasteiger partial charge in [-0.05, 0) is 63.1 Å². The fraction of sp³-hybridized carbons (Fsp3) is 0.348. The summed E-state index contributed by atoms with van der Waals surface area (Å²) >= 11 is 1.83. The zero-order valence-corrected chi connectivity index (χ0v) is 17.7. The van der Waals surface area contributed by atoms with Crippen molar-refractivity contribution in [3.8, 4) is 5.95 Å². The summed E-state index contributed by atoms with van der Waals surface area (Å²) in [5.74, 6) is 1.61. The lowest BCUT2D eigenvalue weighted by Crippen LogP contribution is -2.11. The van der Waals surface area contributed by atoms with Gasteiger partial charge in [0.25, 0.3) is 5.95 Å². The molecule has 1 N–H and O–H groups in total. The van der Waals surface area contributed by atoms with Gasteiger partial charge in [-0.3, -0.25) is 0 Å². The van der Waals surface area contributed by atoms with E-state index in [-0.39, 0.29) is 0 Å². The third-order valence-electron chi connectivity index (χ3n) is 5.55. The molecule has 0 amide bonds. The molecule has 6 heteroatoms. The molecule has 0 unspecified atom stereocenters. The van der Waals surface area contributed by atoms with Crippen LogP contribution in [0.4, 0.5) is 5.82 Å². The van der Waals surface area contributed by atoms with E-state index in [1.807, 2.05) is 22.9 Å². The topological polar surface area (TPSA) is 55.6 Å². The molecule has 3 aromatic heterocycles. The third kappa shape index (κ3) is 3.53. The summed E-state index contributed by atoms with van der Waals surface area (Å²) in [5.41, 5.74) is 4.82. The Morgan fingerprint density at radius 1 is 1.07 bits per heavy atom. The lowest BCUT2D eigenvalue weighted by atomic mass is 9.97. The molecule has 0 radical (unpaired) electrons. The number of fused-ring (bicyclic) bond motifs is 3. The van der Waals surface area contributed by atoms with Gasteiger partial charge in [0.1, 0.15) is 10.6 Å². The molecule has 0 saturated heterocycles. The fourth-order valence-corrected chi connectivity index (χ4v) is 5.43. The van der Waals surface area contributed by atoms with Crippen LogP contribution in [0.15, 0.2) is 36.4 Å². The average molecular weight is 404 g/mol. The van der Waals surface area contributed by atoms with E-state index in [2.05, 4.69) is 53.7 Å². The molecule has 0 aliphatic heterocycles. The van der Waals surface area contributed by atoms with Crippen molar-refractivity contribution in [3.05, 3.63) is 63.8 Å². The first-order valence-electron chi connectivity index (χ1n) is 10.3. The molecule has 3 heterocycles. The van der Waals surface area contributed by atoms with Gasteiger partial charge in [-0.2, -0.15) is 15.1 Å². The summed E-state index contributed by atoms with van der Waals surface area (Å²) in [7, 11) is 0. The van der Waals surface area contributed by atoms with E-state index in [1.54, 1.807) is 0 Å². The largest absolute Gasteiger partial charge is 0.369 e. The van der Waals surface area contributed by atoms with Crippen LogP contribution >= 0.6 is 11.3 Å². The third-order valence-corrected chi connectivity index (χ3v) is 6.74. The summed E-state index contributed by atoms with van der Waals surface area (Å²) in [4.78, 5) is 12.4. The second-order valence-electron chi connectivity index (χ2n) is 7.76. The van der Waals surface area contributed by atoms with Gasteiger partial charge < -0.3 is 5.32 Å². The Morgan fingerprint density at radius 2 is 1.90 bits per heavy atom. The van der Waals surface area contributed by atoms with Crippen molar-refractivity contribution in [1.29, 1.82) is 0 Å². The number of rotatable bonds is 5. The molecule has 1 aliphatic carbocycles. The van der Waals surface area contributed by atoms with Gasteiger partial charge in [0, 0.05) is 17.1 Å². The van der Waals surface area contributed by atoms with Crippen LogP contribution in [0.2, 0.25) is 0 Å². The lowest BCUT2D eigenvalue weighted by molar-refractivity contribution is 0.700. The highest BCUT2D eigenvalue weighted by atomic mass is 32.1. The Hall–Kier alpha value is -2.73. The maximum atomic E-state index is 4.94. The molecule has 5 rings (SSSR count). The summed E-state index contributed by atoms with van der Waals surface area (Å²) in [6.45, 7) is 4.90. The number of hydrogen-bond acceptors (Lipinski definition) is 5. The van der Waals surface area contributed by atoms with E-state index in [0.29, 0.717) is 5.95 Å². The van der Waals surface area contributed by atoms with E-state index in [1.165, 1.54) is 34.2 Å². The Kier molecular flexibility index (Phi) is 4.79. The average Bonchev–Trinajstić information content (AvgIpc) is 3.27. The van der Waals surface area contributed by atoms with Crippen molar-refractivity contribution in [1.82, 2.24) is 19.7 Å². The Balaban J connectivity index is 1.55. The normalized spacial score (nSPS) is 13.6. The fourth-order valence-electron chi connectivity index (χ4n) is 4.17. The predicted molar refractivity (Wildman–Crippen MR) is 119 cm³/mol. The molecule has 0 bridgehead atoms. The van der Waals surface area contributed by atoms with Gasteiger partial charge in [-0.1, -0.05) is 30.3 Å². The van der Waals surface area contributed by atoms with Crippen molar-refractivity contribution >= 4 is 27.4 Å². The smallest absolute Gasteiger partial charge is 0.254 e. The van der Waals surface area contributed by atoms with Crippen LogP contribution in [0, 0.1) is 13.8 Å². The number of hydrogen-bond donors (Lipinski definition) is 1. The van der Waals surface area contributed by atoms with E-state index in [9.17, 15) is 0 Å². The van der Waals surface area contributed by atoms with E-state index < -0.39 is 0 Å². The number of benzene rings is 1. The summed E-state index contributed by atoms with van der Waals surface area (Å²) in [5, 5.41) is 9.45. The van der Waals surface area contributed by atoms with Crippen LogP contribution in [0.1, 0.15) is 40.2 Å². The van der Waals surface area contributed by atoms with Crippen molar-refractivity contribution in [2.24, 2.45) is 0 Å². The van der Waals surface area contributed by atoms with Crippen molar-refractivity contribution in [2.45, 2.75) is 46.0 Å². The number of thiophene rings is 1. The van der Waals surface area contributed by atoms with Gasteiger partial charge >= 0.3 is 0 Å². The highest BCUT2D eigenvalue weighted by molar-refractivity contribution is 7.19. The molecule has 5 nitrogen and oxygen atoms in total. The summed E-state index contributed by atoms with van der Waals surface area (Å²) in [6.07, 6.45) is 5.78. The second kappa shape index (κ2) is 7.59. The maximum absolute atomic E-state index is 4.94. The highest BCUT2D eigenvalue weighted by Gasteiger charge is 2.22. The van der Waals surface area contributed by atoms with E-state index >= 15 is 0 Å². The van der Waals surface area contributed by atoms with Crippen molar-refractivity contribution in [2.75, 3.05) is 11.9 Å². The molecule has 1 aliphatic rings. The summed E-state index contributed by atoms with van der Waals surface area (Å²) < 4.78 is 1.86. The minimum atomic E-state index is 0.656. The Labute approximate surface area is 174 Å². The van der Waals surface area contributed by atoms with Gasteiger partial charge in [0.2, 0.25) is 0 Å². The molecule has 148 valence electrons. The first kappa shape index (κ1) is 18.3. The standard InChI is InChI=1S/C23H25N5S/c1-15-14-16(2)28(27-15)23-25-21(24-13-12-17-8-4-3-5-9-17)20-18-10-6-7-11-19(18)29-22(20)26-23/h3-5,8-9,14H,6-7,10-13H2,1-2H3,(H,24,25,26). The van der Waals surface area contributed by atoms with Gasteiger partial charge in [-0.15, -0.1) is 11.3 Å². The van der Waals surface area contributed by atoms with Crippen LogP contribution in [0.25, 0.3) is 16.2 Å². The zero-order valence-electron chi connectivity index (χ0n) is 16.9. The first-order chi connectivity index (χ1) is 14.2. The molecule has 29 heavy (non-hydrogen) atoms. The Morgan fingerprint density at radius 3 is 2.69 bits per heavy atom. The van der Waals surface area contributed by atoms with Crippen molar-refractivity contribution < 1.29 is 0 Å². The molecule has 4 aromatic rings. The molecular formula is C23H25N5S. The van der Waals surface area contributed by atoms with Crippen LogP contribution in [-0.4, -0.2) is 26.3 Å². The van der Waals surface area contributed by atoms with Crippen LogP contribution in [0.5, 0.6) is 0 Å². The molecule has 0 saturated carbocycles. The number of aryl methyl sites for hydroxylation is 4. The molecule has 0 fully saturated rings. The molecular weight excluding hydrogens is 378 g/mol. The van der Waals surface area contributed by atoms with E-state index in [0.717, 1.165) is 47.8 Å². The van der Waals surface area contributed by atoms with Crippen LogP contribution in [-0.2, 0) is 19.3 Å². The quantitative estimate of drug-likeness (QED) is 0.508. The van der Waals surface area contributed by atoms with Gasteiger partial charge in [0.05, 0.1) is 11.1 Å². The highest BCUT2D eigenvalue weighted by Crippen LogP contribution is 2.39. The Bertz CT molecular complexity index is 1160. The van der Waals surface area contributed by atoms with Gasteiger partial charge in [0.15, 0.2) is 0 Å². The minimum absolute atomic E-state index is 0.656. The number of aromatic nitrogens is 4. The molecule has 0 spiro atoms. The van der Waals surface area contributed by atoms with Gasteiger partial charge in [-0.25, -0.2) is 4.68 Å². The second-order valence-corrected chi connectivity index (χ2v) is 8.85. The minimum Gasteiger partial charge on any atom is -0.369 e. The first-order valence-corrected chi connectivity index (χ1v) is 11.1. The summed E-state index contributed by atoms with van der Waals surface area (Å²) in [6, 6.07) is 12.7. The van der Waals surface area contributed by atoms with Crippen LogP contribution in [0.3, 0.4) is 0 Å². The number of anilines is 1. The number of nitrogens with one attached hydrogen (secondary N) is 1. The predicted octanol–water partition coefficient (Wildman–Crippen LogP) is 5.03. The van der Waals surface area contributed by atoms with Crippen LogP contribution < -0.4 is 5.32 Å². The van der Waals surface area contributed by atoms with E-state index in [4.69, 9.17) is 9.97 Å². The zero-order chi connectivity index (χ0) is 19.8. The monoisotopic (exact) mass is 403 g/mol. The molecule has 0 atom stereocenters.